The van der Waals surface area contributed by atoms with Crippen molar-refractivity contribution in [2.24, 2.45) is 0 Å². The fourth-order valence-corrected chi connectivity index (χ4v) is 1.25. The second kappa shape index (κ2) is 7.46. The lowest BCUT2D eigenvalue weighted by molar-refractivity contribution is -0.131. The first-order valence-corrected chi connectivity index (χ1v) is 5.47. The maximum atomic E-state index is 10.3. The Balaban J connectivity index is 2.42. The van der Waals surface area contributed by atoms with Gasteiger partial charge in [-0.1, -0.05) is 12.1 Å². The molecular formula is C13H16O4. The topological polar surface area (TPSA) is 66.8 Å². The molecule has 0 atom stereocenters. The number of aliphatic hydroxyl groups is 1. The molecule has 0 fully saturated rings. The lowest BCUT2D eigenvalue weighted by Gasteiger charge is -2.05. The molecule has 2 N–H and O–H groups in total. The Labute approximate surface area is 100 Å². The Morgan fingerprint density at radius 1 is 1.24 bits per heavy atom. The van der Waals surface area contributed by atoms with Crippen molar-refractivity contribution in [3.05, 3.63) is 35.9 Å². The summed E-state index contributed by atoms with van der Waals surface area (Å²) in [7, 11) is 0. The predicted octanol–water partition coefficient (Wildman–Crippen LogP) is 1.94. The van der Waals surface area contributed by atoms with E-state index in [9.17, 15) is 4.79 Å². The molecule has 0 bridgehead atoms. The predicted molar refractivity (Wildman–Crippen MR) is 64.9 cm³/mol. The van der Waals surface area contributed by atoms with Gasteiger partial charge in [0.1, 0.15) is 5.75 Å². The van der Waals surface area contributed by atoms with Crippen LogP contribution >= 0.6 is 0 Å². The summed E-state index contributed by atoms with van der Waals surface area (Å²) in [5.41, 5.74) is 0.815. The van der Waals surface area contributed by atoms with Gasteiger partial charge in [0.2, 0.25) is 0 Å². The number of benzene rings is 1. The average Bonchev–Trinajstić information content (AvgIpc) is 2.33. The van der Waals surface area contributed by atoms with Gasteiger partial charge < -0.3 is 14.9 Å². The second-order valence-corrected chi connectivity index (χ2v) is 3.52. The molecule has 0 saturated heterocycles. The van der Waals surface area contributed by atoms with Crippen molar-refractivity contribution in [3.8, 4) is 5.75 Å². The van der Waals surface area contributed by atoms with E-state index in [4.69, 9.17) is 14.9 Å². The molecule has 0 amide bonds. The van der Waals surface area contributed by atoms with Crippen LogP contribution in [0.5, 0.6) is 5.75 Å². The van der Waals surface area contributed by atoms with Crippen LogP contribution in [-0.2, 0) is 4.79 Å². The van der Waals surface area contributed by atoms with Gasteiger partial charge in [-0.15, -0.1) is 0 Å². The molecule has 0 aromatic heterocycles. The first kappa shape index (κ1) is 13.3. The molecular weight excluding hydrogens is 220 g/mol. The summed E-state index contributed by atoms with van der Waals surface area (Å²) in [5.74, 6) is -0.218. The van der Waals surface area contributed by atoms with Crippen LogP contribution in [-0.4, -0.2) is 29.4 Å². The molecule has 4 nitrogen and oxygen atoms in total. The van der Waals surface area contributed by atoms with Crippen molar-refractivity contribution >= 4 is 12.0 Å². The zero-order chi connectivity index (χ0) is 12.5. The van der Waals surface area contributed by atoms with E-state index in [0.29, 0.717) is 6.61 Å². The Bertz CT molecular complexity index is 368. The summed E-state index contributed by atoms with van der Waals surface area (Å²) in [5, 5.41) is 17.1. The number of ether oxygens (including phenoxy) is 1. The van der Waals surface area contributed by atoms with Crippen molar-refractivity contribution in [2.45, 2.75) is 12.8 Å². The fraction of sp³-hybridized carbons (Fsp3) is 0.308. The molecule has 0 spiro atoms. The summed E-state index contributed by atoms with van der Waals surface area (Å²) in [4.78, 5) is 10.3. The molecule has 92 valence electrons. The van der Waals surface area contributed by atoms with Crippen LogP contribution in [0.25, 0.3) is 6.08 Å². The van der Waals surface area contributed by atoms with Crippen molar-refractivity contribution in [1.82, 2.24) is 0 Å². The van der Waals surface area contributed by atoms with Gasteiger partial charge in [-0.05, 0) is 36.6 Å². The molecule has 0 unspecified atom stereocenters. The minimum atomic E-state index is -0.964. The third kappa shape index (κ3) is 5.73. The van der Waals surface area contributed by atoms with Crippen LogP contribution in [0.3, 0.4) is 0 Å². The minimum absolute atomic E-state index is 0.183. The zero-order valence-corrected chi connectivity index (χ0v) is 9.50. The highest BCUT2D eigenvalue weighted by atomic mass is 16.5. The number of carboxylic acid groups (broad SMARTS) is 1. The van der Waals surface area contributed by atoms with Gasteiger partial charge in [-0.25, -0.2) is 4.79 Å². The number of carbonyl (C=O) groups is 1. The summed E-state index contributed by atoms with van der Waals surface area (Å²) < 4.78 is 5.44. The number of aliphatic hydroxyl groups excluding tert-OH is 1. The Morgan fingerprint density at radius 3 is 2.53 bits per heavy atom. The third-order valence-corrected chi connectivity index (χ3v) is 2.12. The number of rotatable bonds is 7. The molecule has 1 rings (SSSR count). The molecule has 0 aliphatic heterocycles. The summed E-state index contributed by atoms with van der Waals surface area (Å²) in [6.07, 6.45) is 4.17. The van der Waals surface area contributed by atoms with Crippen LogP contribution in [0.4, 0.5) is 0 Å². The number of hydrogen-bond donors (Lipinski definition) is 2. The molecule has 0 heterocycles. The van der Waals surface area contributed by atoms with Gasteiger partial charge in [0.15, 0.2) is 0 Å². The largest absolute Gasteiger partial charge is 0.494 e. The zero-order valence-electron chi connectivity index (χ0n) is 9.50. The van der Waals surface area contributed by atoms with Crippen LogP contribution in [0.2, 0.25) is 0 Å². The highest BCUT2D eigenvalue weighted by Crippen LogP contribution is 2.13. The quantitative estimate of drug-likeness (QED) is 0.561. The van der Waals surface area contributed by atoms with E-state index in [2.05, 4.69) is 0 Å². The third-order valence-electron chi connectivity index (χ3n) is 2.12. The number of hydrogen-bond acceptors (Lipinski definition) is 3. The number of aliphatic carboxylic acids is 1. The maximum absolute atomic E-state index is 10.3. The molecule has 1 aromatic carbocycles. The van der Waals surface area contributed by atoms with Crippen LogP contribution in [0.1, 0.15) is 18.4 Å². The number of carboxylic acids is 1. The van der Waals surface area contributed by atoms with Gasteiger partial charge in [-0.2, -0.15) is 0 Å². The standard InChI is InChI=1S/C13H16O4/c14-9-1-2-10-17-12-6-3-11(4-7-12)5-8-13(15)16/h3-8,14H,1-2,9-10H2,(H,15,16). The molecule has 0 saturated carbocycles. The lowest BCUT2D eigenvalue weighted by atomic mass is 10.2. The monoisotopic (exact) mass is 236 g/mol. The van der Waals surface area contributed by atoms with E-state index in [1.807, 2.05) is 0 Å². The Hall–Kier alpha value is -1.81. The van der Waals surface area contributed by atoms with Crippen molar-refractivity contribution in [1.29, 1.82) is 0 Å². The first-order chi connectivity index (χ1) is 8.22. The van der Waals surface area contributed by atoms with Gasteiger partial charge >= 0.3 is 5.97 Å². The SMILES string of the molecule is O=C(O)C=Cc1ccc(OCCCCO)cc1. The molecule has 0 aliphatic carbocycles. The summed E-state index contributed by atoms with van der Waals surface area (Å²) in [6, 6.07) is 7.17. The van der Waals surface area contributed by atoms with Gasteiger partial charge in [-0.3, -0.25) is 0 Å². The minimum Gasteiger partial charge on any atom is -0.494 e. The van der Waals surface area contributed by atoms with Gasteiger partial charge in [0.05, 0.1) is 6.61 Å². The summed E-state index contributed by atoms with van der Waals surface area (Å²) in [6.45, 7) is 0.757. The molecule has 1 aromatic rings. The van der Waals surface area contributed by atoms with Crippen molar-refractivity contribution < 1.29 is 19.7 Å². The maximum Gasteiger partial charge on any atom is 0.328 e. The smallest absolute Gasteiger partial charge is 0.328 e. The van der Waals surface area contributed by atoms with E-state index in [1.54, 1.807) is 24.3 Å². The van der Waals surface area contributed by atoms with E-state index in [1.165, 1.54) is 6.08 Å². The highest BCUT2D eigenvalue weighted by molar-refractivity contribution is 5.85. The molecule has 0 radical (unpaired) electrons. The summed E-state index contributed by atoms with van der Waals surface area (Å²) >= 11 is 0. The fourth-order valence-electron chi connectivity index (χ4n) is 1.25. The second-order valence-electron chi connectivity index (χ2n) is 3.52. The van der Waals surface area contributed by atoms with Gasteiger partial charge in [0, 0.05) is 12.7 Å². The molecule has 17 heavy (non-hydrogen) atoms. The van der Waals surface area contributed by atoms with E-state index in [0.717, 1.165) is 30.2 Å². The normalized spacial score (nSPS) is 10.6. The van der Waals surface area contributed by atoms with Crippen molar-refractivity contribution in [2.75, 3.05) is 13.2 Å². The van der Waals surface area contributed by atoms with E-state index in [-0.39, 0.29) is 6.61 Å². The van der Waals surface area contributed by atoms with E-state index >= 15 is 0 Å². The molecule has 4 heteroatoms. The van der Waals surface area contributed by atoms with Crippen molar-refractivity contribution in [3.63, 3.8) is 0 Å². The Morgan fingerprint density at radius 2 is 1.94 bits per heavy atom. The molecule has 0 aliphatic rings. The van der Waals surface area contributed by atoms with Crippen LogP contribution in [0.15, 0.2) is 30.3 Å². The lowest BCUT2D eigenvalue weighted by Crippen LogP contribution is -1.98. The highest BCUT2D eigenvalue weighted by Gasteiger charge is 1.94. The first-order valence-electron chi connectivity index (χ1n) is 5.47. The van der Waals surface area contributed by atoms with E-state index < -0.39 is 5.97 Å². The average molecular weight is 236 g/mol. The Kier molecular flexibility index (Phi) is 5.82. The van der Waals surface area contributed by atoms with Crippen LogP contribution < -0.4 is 4.74 Å². The number of unbranched alkanes of at least 4 members (excludes halogenated alkanes) is 1. The van der Waals surface area contributed by atoms with Crippen LogP contribution in [0, 0.1) is 0 Å². The van der Waals surface area contributed by atoms with Gasteiger partial charge in [0.25, 0.3) is 0 Å².